The van der Waals surface area contributed by atoms with Crippen LogP contribution in [0.25, 0.3) is 0 Å². The Kier molecular flexibility index (Phi) is 18.8. The van der Waals surface area contributed by atoms with E-state index in [0.717, 1.165) is 12.8 Å². The number of aliphatic hydroxyl groups excluding tert-OH is 3. The molecule has 0 rings (SSSR count). The number of carbonyl (C=O) groups is 1. The van der Waals surface area contributed by atoms with Crippen molar-refractivity contribution in [2.24, 2.45) is 0 Å². The zero-order valence-corrected chi connectivity index (χ0v) is 17.2. The number of unbranched alkanes of at least 4 members (excludes halogenated alkanes) is 3. The van der Waals surface area contributed by atoms with Gasteiger partial charge in [-0.05, 0) is 38.5 Å². The summed E-state index contributed by atoms with van der Waals surface area (Å²) < 4.78 is 4.79. The SMILES string of the molecule is CCCCC/C=C\C/C=C\C/C=C\C=C\[C@@H](O)CCCC(=O)OC[C@@H](O)CO. The average molecular weight is 395 g/mol. The van der Waals surface area contributed by atoms with Crippen LogP contribution in [0.2, 0.25) is 0 Å². The van der Waals surface area contributed by atoms with Crippen LogP contribution in [0.4, 0.5) is 0 Å². The maximum atomic E-state index is 11.4. The van der Waals surface area contributed by atoms with Crippen LogP contribution in [0.3, 0.4) is 0 Å². The van der Waals surface area contributed by atoms with Crippen molar-refractivity contribution in [3.05, 3.63) is 48.6 Å². The molecule has 0 aliphatic rings. The molecule has 0 aromatic carbocycles. The molecule has 3 N–H and O–H groups in total. The first-order valence-corrected chi connectivity index (χ1v) is 10.4. The van der Waals surface area contributed by atoms with Gasteiger partial charge in [0.25, 0.3) is 0 Å². The van der Waals surface area contributed by atoms with Gasteiger partial charge in [0.1, 0.15) is 12.7 Å². The highest BCUT2D eigenvalue weighted by Crippen LogP contribution is 2.04. The minimum Gasteiger partial charge on any atom is -0.463 e. The number of ether oxygens (including phenoxy) is 1. The molecule has 0 saturated carbocycles. The molecule has 0 aliphatic heterocycles. The van der Waals surface area contributed by atoms with Gasteiger partial charge in [-0.15, -0.1) is 0 Å². The molecule has 5 nitrogen and oxygen atoms in total. The standard InChI is InChI=1S/C23H38O5/c1-2-3-4-5-6-7-8-9-10-11-12-13-14-16-21(25)17-15-18-23(27)28-20-22(26)19-24/h6-7,9-10,12-14,16,21-22,24-26H,2-5,8,11,15,17-20H2,1H3/b7-6-,10-9-,13-12-,16-14+/t21-,22+/m1/s1. The zero-order chi connectivity index (χ0) is 20.9. The van der Waals surface area contributed by atoms with Gasteiger partial charge in [-0.1, -0.05) is 68.4 Å². The Balaban J connectivity index is 3.69. The average Bonchev–Trinajstić information content (AvgIpc) is 2.69. The molecule has 0 fully saturated rings. The van der Waals surface area contributed by atoms with Crippen molar-refractivity contribution in [1.82, 2.24) is 0 Å². The summed E-state index contributed by atoms with van der Waals surface area (Å²) in [4.78, 5) is 11.4. The molecule has 5 heteroatoms. The lowest BCUT2D eigenvalue weighted by Gasteiger charge is -2.09. The predicted octanol–water partition coefficient (Wildman–Crippen LogP) is 4.00. The summed E-state index contributed by atoms with van der Waals surface area (Å²) in [5, 5.41) is 27.5. The lowest BCUT2D eigenvalue weighted by atomic mass is 10.1. The van der Waals surface area contributed by atoms with Crippen LogP contribution < -0.4 is 0 Å². The third-order valence-corrected chi connectivity index (χ3v) is 3.96. The third-order valence-electron chi connectivity index (χ3n) is 3.96. The lowest BCUT2D eigenvalue weighted by Crippen LogP contribution is -2.21. The van der Waals surface area contributed by atoms with Gasteiger partial charge in [-0.3, -0.25) is 4.79 Å². The molecule has 0 aromatic heterocycles. The van der Waals surface area contributed by atoms with Gasteiger partial charge in [-0.2, -0.15) is 0 Å². The van der Waals surface area contributed by atoms with Gasteiger partial charge in [0.15, 0.2) is 0 Å². The van der Waals surface area contributed by atoms with E-state index in [2.05, 4.69) is 31.2 Å². The summed E-state index contributed by atoms with van der Waals surface area (Å²) in [5.41, 5.74) is 0. The molecule has 0 bridgehead atoms. The fourth-order valence-electron chi connectivity index (χ4n) is 2.29. The summed E-state index contributed by atoms with van der Waals surface area (Å²) >= 11 is 0. The molecule has 0 amide bonds. The number of aliphatic hydroxyl groups is 3. The summed E-state index contributed by atoms with van der Waals surface area (Å²) in [7, 11) is 0. The third kappa shape index (κ3) is 19.1. The van der Waals surface area contributed by atoms with Crippen LogP contribution >= 0.6 is 0 Å². The van der Waals surface area contributed by atoms with E-state index in [9.17, 15) is 9.90 Å². The quantitative estimate of drug-likeness (QED) is 0.150. The van der Waals surface area contributed by atoms with Gasteiger partial charge >= 0.3 is 5.97 Å². The van der Waals surface area contributed by atoms with Crippen molar-refractivity contribution in [2.75, 3.05) is 13.2 Å². The van der Waals surface area contributed by atoms with Crippen LogP contribution in [0.1, 0.15) is 64.7 Å². The molecular formula is C23H38O5. The van der Waals surface area contributed by atoms with Gasteiger partial charge in [0.05, 0.1) is 12.7 Å². The van der Waals surface area contributed by atoms with Crippen LogP contribution in [0.5, 0.6) is 0 Å². The number of hydrogen-bond donors (Lipinski definition) is 3. The van der Waals surface area contributed by atoms with Crippen molar-refractivity contribution in [2.45, 2.75) is 76.9 Å². The first kappa shape index (κ1) is 26.3. The van der Waals surface area contributed by atoms with Crippen molar-refractivity contribution in [3.8, 4) is 0 Å². The molecule has 0 saturated heterocycles. The van der Waals surface area contributed by atoms with Crippen LogP contribution in [-0.2, 0) is 9.53 Å². The monoisotopic (exact) mass is 394 g/mol. The Morgan fingerprint density at radius 3 is 2.39 bits per heavy atom. The molecular weight excluding hydrogens is 356 g/mol. The molecule has 0 heterocycles. The minimum absolute atomic E-state index is 0.177. The highest BCUT2D eigenvalue weighted by Gasteiger charge is 2.08. The van der Waals surface area contributed by atoms with E-state index >= 15 is 0 Å². The van der Waals surface area contributed by atoms with Crippen LogP contribution in [0.15, 0.2) is 48.6 Å². The summed E-state index contributed by atoms with van der Waals surface area (Å²) in [6.45, 7) is 1.58. The summed E-state index contributed by atoms with van der Waals surface area (Å²) in [5.74, 6) is -0.439. The summed E-state index contributed by atoms with van der Waals surface area (Å²) in [6.07, 6.45) is 22.5. The fraction of sp³-hybridized carbons (Fsp3) is 0.609. The maximum Gasteiger partial charge on any atom is 0.305 e. The number of hydrogen-bond acceptors (Lipinski definition) is 5. The largest absolute Gasteiger partial charge is 0.463 e. The molecule has 0 spiro atoms. The zero-order valence-electron chi connectivity index (χ0n) is 17.2. The highest BCUT2D eigenvalue weighted by molar-refractivity contribution is 5.69. The number of rotatable bonds is 17. The summed E-state index contributed by atoms with van der Waals surface area (Å²) in [6, 6.07) is 0. The topological polar surface area (TPSA) is 87.0 Å². The predicted molar refractivity (Wildman–Crippen MR) is 114 cm³/mol. The smallest absolute Gasteiger partial charge is 0.305 e. The van der Waals surface area contributed by atoms with Crippen molar-refractivity contribution in [3.63, 3.8) is 0 Å². The minimum atomic E-state index is -1.04. The van der Waals surface area contributed by atoms with E-state index in [-0.39, 0.29) is 13.0 Å². The Hall–Kier alpha value is -1.69. The van der Waals surface area contributed by atoms with Gasteiger partial charge in [-0.25, -0.2) is 0 Å². The molecule has 0 aliphatic carbocycles. The van der Waals surface area contributed by atoms with Crippen molar-refractivity contribution < 1.29 is 24.9 Å². The Bertz CT molecular complexity index is 479. The van der Waals surface area contributed by atoms with Gasteiger partial charge < -0.3 is 20.1 Å². The first-order valence-electron chi connectivity index (χ1n) is 10.4. The highest BCUT2D eigenvalue weighted by atomic mass is 16.5. The van der Waals surface area contributed by atoms with E-state index in [1.54, 1.807) is 6.08 Å². The van der Waals surface area contributed by atoms with E-state index in [4.69, 9.17) is 14.9 Å². The fourth-order valence-corrected chi connectivity index (χ4v) is 2.29. The maximum absolute atomic E-state index is 11.4. The van der Waals surface area contributed by atoms with Crippen molar-refractivity contribution in [1.29, 1.82) is 0 Å². The van der Waals surface area contributed by atoms with E-state index in [1.807, 2.05) is 18.2 Å². The van der Waals surface area contributed by atoms with Crippen molar-refractivity contribution >= 4 is 5.97 Å². The number of carbonyl (C=O) groups excluding carboxylic acids is 1. The van der Waals surface area contributed by atoms with E-state index in [1.165, 1.54) is 25.7 Å². The Morgan fingerprint density at radius 1 is 0.964 bits per heavy atom. The first-order chi connectivity index (χ1) is 13.6. The van der Waals surface area contributed by atoms with E-state index < -0.39 is 24.8 Å². The molecule has 160 valence electrons. The molecule has 28 heavy (non-hydrogen) atoms. The Labute approximate surface area is 170 Å². The van der Waals surface area contributed by atoms with E-state index in [0.29, 0.717) is 12.8 Å². The molecule has 0 radical (unpaired) electrons. The normalized spacial score (nSPS) is 14.6. The second-order valence-electron chi connectivity index (χ2n) is 6.70. The number of esters is 1. The second kappa shape index (κ2) is 20.1. The lowest BCUT2D eigenvalue weighted by molar-refractivity contribution is -0.147. The van der Waals surface area contributed by atoms with Gasteiger partial charge in [0, 0.05) is 6.42 Å². The Morgan fingerprint density at radius 2 is 1.68 bits per heavy atom. The second-order valence-corrected chi connectivity index (χ2v) is 6.70. The molecule has 0 aromatic rings. The van der Waals surface area contributed by atoms with Gasteiger partial charge in [0.2, 0.25) is 0 Å². The van der Waals surface area contributed by atoms with Crippen LogP contribution in [-0.4, -0.2) is 46.7 Å². The number of allylic oxidation sites excluding steroid dienone is 7. The molecule has 2 atom stereocenters. The molecule has 0 unspecified atom stereocenters. The van der Waals surface area contributed by atoms with Crippen LogP contribution in [0, 0.1) is 0 Å².